The van der Waals surface area contributed by atoms with Gasteiger partial charge in [-0.15, -0.1) is 0 Å². The molecule has 2 rings (SSSR count). The molecule has 20 heavy (non-hydrogen) atoms. The van der Waals surface area contributed by atoms with Crippen LogP contribution in [0.15, 0.2) is 48.8 Å². The number of carboxylic acids is 1. The van der Waals surface area contributed by atoms with Crippen LogP contribution < -0.4 is 0 Å². The Bertz CT molecular complexity index is 623. The molecule has 0 saturated heterocycles. The Hall–Kier alpha value is -2.49. The molecule has 4 heteroatoms. The zero-order valence-corrected chi connectivity index (χ0v) is 11.1. The van der Waals surface area contributed by atoms with Gasteiger partial charge in [-0.2, -0.15) is 0 Å². The van der Waals surface area contributed by atoms with E-state index in [0.29, 0.717) is 5.56 Å². The molecule has 4 nitrogen and oxygen atoms in total. The molecule has 0 aliphatic heterocycles. The first-order chi connectivity index (χ1) is 9.58. The molecule has 0 bridgehead atoms. The summed E-state index contributed by atoms with van der Waals surface area (Å²) in [5.74, 6) is -1.89. The van der Waals surface area contributed by atoms with Gasteiger partial charge in [0.1, 0.15) is 0 Å². The van der Waals surface area contributed by atoms with E-state index in [-0.39, 0.29) is 12.2 Å². The van der Waals surface area contributed by atoms with Crippen LogP contribution in [-0.2, 0) is 4.79 Å². The van der Waals surface area contributed by atoms with Crippen LogP contribution in [0.1, 0.15) is 33.8 Å². The first-order valence-corrected chi connectivity index (χ1v) is 6.30. The van der Waals surface area contributed by atoms with E-state index in [1.165, 1.54) is 6.20 Å². The Morgan fingerprint density at radius 2 is 2.05 bits per heavy atom. The largest absolute Gasteiger partial charge is 0.481 e. The lowest BCUT2D eigenvalue weighted by atomic mass is 9.88. The molecule has 0 fully saturated rings. The zero-order chi connectivity index (χ0) is 14.5. The summed E-state index contributed by atoms with van der Waals surface area (Å²) in [5.41, 5.74) is 2.15. The molecule has 1 N–H and O–H groups in total. The predicted molar refractivity (Wildman–Crippen MR) is 74.7 cm³/mol. The zero-order valence-electron chi connectivity index (χ0n) is 11.1. The highest BCUT2D eigenvalue weighted by atomic mass is 16.4. The minimum absolute atomic E-state index is 0.217. The number of benzene rings is 1. The third-order valence-corrected chi connectivity index (χ3v) is 3.09. The lowest BCUT2D eigenvalue weighted by molar-refractivity contribution is -0.137. The van der Waals surface area contributed by atoms with Gasteiger partial charge >= 0.3 is 5.97 Å². The number of aryl methyl sites for hydroxylation is 1. The minimum atomic E-state index is -0.992. The van der Waals surface area contributed by atoms with E-state index >= 15 is 0 Å². The first-order valence-electron chi connectivity index (χ1n) is 6.30. The number of nitrogens with zero attached hydrogens (tertiary/aromatic N) is 1. The van der Waals surface area contributed by atoms with Crippen molar-refractivity contribution in [3.05, 3.63) is 65.5 Å². The van der Waals surface area contributed by atoms with E-state index in [4.69, 9.17) is 5.11 Å². The summed E-state index contributed by atoms with van der Waals surface area (Å²) in [5, 5.41) is 9.04. The van der Waals surface area contributed by atoms with Gasteiger partial charge in [-0.3, -0.25) is 14.6 Å². The van der Waals surface area contributed by atoms with E-state index in [9.17, 15) is 9.59 Å². The van der Waals surface area contributed by atoms with Crippen molar-refractivity contribution in [2.45, 2.75) is 19.3 Å². The molecule has 102 valence electrons. The number of hydrogen-bond acceptors (Lipinski definition) is 3. The Morgan fingerprint density at radius 3 is 2.65 bits per heavy atom. The van der Waals surface area contributed by atoms with Gasteiger partial charge in [-0.05, 0) is 24.6 Å². The standard InChI is InChI=1S/C16H15NO3/c1-11-4-2-5-12(8-11)14(9-15(18)19)16(20)13-6-3-7-17-10-13/h2-8,10,14H,9H2,1H3,(H,18,19). The normalized spacial score (nSPS) is 11.8. The van der Waals surface area contributed by atoms with E-state index in [2.05, 4.69) is 4.98 Å². The average Bonchev–Trinajstić information content (AvgIpc) is 2.45. The Morgan fingerprint density at radius 1 is 1.25 bits per heavy atom. The molecule has 1 heterocycles. The highest BCUT2D eigenvalue weighted by Gasteiger charge is 2.24. The number of aliphatic carboxylic acids is 1. The second-order valence-corrected chi connectivity index (χ2v) is 4.67. The third kappa shape index (κ3) is 3.29. The SMILES string of the molecule is Cc1cccc(C(CC(=O)O)C(=O)c2cccnc2)c1. The van der Waals surface area contributed by atoms with Gasteiger partial charge in [0.15, 0.2) is 5.78 Å². The third-order valence-electron chi connectivity index (χ3n) is 3.09. The number of carbonyl (C=O) groups excluding carboxylic acids is 1. The van der Waals surface area contributed by atoms with Crippen molar-refractivity contribution in [2.24, 2.45) is 0 Å². The highest BCUT2D eigenvalue weighted by molar-refractivity contribution is 6.02. The molecule has 1 aromatic carbocycles. The van der Waals surface area contributed by atoms with Gasteiger partial charge in [0.05, 0.1) is 12.3 Å². The van der Waals surface area contributed by atoms with Crippen LogP contribution in [-0.4, -0.2) is 21.8 Å². The van der Waals surface area contributed by atoms with Crippen LogP contribution in [0, 0.1) is 6.92 Å². The second kappa shape index (κ2) is 6.10. The van der Waals surface area contributed by atoms with Crippen LogP contribution in [0.3, 0.4) is 0 Å². The fourth-order valence-corrected chi connectivity index (χ4v) is 2.13. The molecule has 1 aromatic heterocycles. The van der Waals surface area contributed by atoms with Gasteiger partial charge in [-0.1, -0.05) is 29.8 Å². The van der Waals surface area contributed by atoms with Gasteiger partial charge in [0.25, 0.3) is 0 Å². The topological polar surface area (TPSA) is 67.3 Å². The number of carbonyl (C=O) groups is 2. The molecular weight excluding hydrogens is 254 g/mol. The van der Waals surface area contributed by atoms with Crippen LogP contribution in [0.25, 0.3) is 0 Å². The lowest BCUT2D eigenvalue weighted by Crippen LogP contribution is -2.17. The number of rotatable bonds is 5. The molecule has 1 unspecified atom stereocenters. The van der Waals surface area contributed by atoms with Crippen molar-refractivity contribution in [3.8, 4) is 0 Å². The van der Waals surface area contributed by atoms with Gasteiger partial charge < -0.3 is 5.11 Å². The maximum absolute atomic E-state index is 12.5. The summed E-state index contributed by atoms with van der Waals surface area (Å²) >= 11 is 0. The average molecular weight is 269 g/mol. The maximum Gasteiger partial charge on any atom is 0.304 e. The monoisotopic (exact) mass is 269 g/mol. The highest BCUT2D eigenvalue weighted by Crippen LogP contribution is 2.25. The smallest absolute Gasteiger partial charge is 0.304 e. The number of carboxylic acid groups (broad SMARTS) is 1. The molecule has 0 radical (unpaired) electrons. The summed E-state index contributed by atoms with van der Waals surface area (Å²) in [4.78, 5) is 27.4. The first kappa shape index (κ1) is 13.9. The minimum Gasteiger partial charge on any atom is -0.481 e. The number of ketones is 1. The molecular formula is C16H15NO3. The quantitative estimate of drug-likeness (QED) is 0.847. The van der Waals surface area contributed by atoms with E-state index in [1.807, 2.05) is 25.1 Å². The number of hydrogen-bond donors (Lipinski definition) is 1. The maximum atomic E-state index is 12.5. The summed E-state index contributed by atoms with van der Waals surface area (Å²) in [6.45, 7) is 1.91. The van der Waals surface area contributed by atoms with Crippen LogP contribution in [0.4, 0.5) is 0 Å². The van der Waals surface area contributed by atoms with Crippen LogP contribution in [0.2, 0.25) is 0 Å². The predicted octanol–water partition coefficient (Wildman–Crippen LogP) is 2.83. The molecule has 2 aromatic rings. The molecule has 0 aliphatic rings. The van der Waals surface area contributed by atoms with Gasteiger partial charge in [0.2, 0.25) is 0 Å². The molecule has 0 saturated carbocycles. The van der Waals surface area contributed by atoms with E-state index < -0.39 is 11.9 Å². The molecule has 1 atom stereocenters. The van der Waals surface area contributed by atoms with Crippen molar-refractivity contribution in [2.75, 3.05) is 0 Å². The van der Waals surface area contributed by atoms with Crippen molar-refractivity contribution in [1.82, 2.24) is 4.98 Å². The summed E-state index contributed by atoms with van der Waals surface area (Å²) in [7, 11) is 0. The molecule has 0 spiro atoms. The summed E-state index contributed by atoms with van der Waals surface area (Å²) < 4.78 is 0. The molecule has 0 amide bonds. The van der Waals surface area contributed by atoms with E-state index in [0.717, 1.165) is 11.1 Å². The number of Topliss-reactive ketones (excluding diaryl/α,β-unsaturated/α-hetero) is 1. The van der Waals surface area contributed by atoms with Gasteiger partial charge in [0, 0.05) is 18.0 Å². The Kier molecular flexibility index (Phi) is 4.25. The molecule has 0 aliphatic carbocycles. The van der Waals surface area contributed by atoms with Crippen molar-refractivity contribution >= 4 is 11.8 Å². The van der Waals surface area contributed by atoms with E-state index in [1.54, 1.807) is 24.4 Å². The van der Waals surface area contributed by atoms with Crippen molar-refractivity contribution in [1.29, 1.82) is 0 Å². The number of pyridine rings is 1. The van der Waals surface area contributed by atoms with Crippen LogP contribution >= 0.6 is 0 Å². The Labute approximate surface area is 117 Å². The second-order valence-electron chi connectivity index (χ2n) is 4.67. The van der Waals surface area contributed by atoms with Crippen LogP contribution in [0.5, 0.6) is 0 Å². The summed E-state index contributed by atoms with van der Waals surface area (Å²) in [6.07, 6.45) is 2.82. The van der Waals surface area contributed by atoms with Crippen molar-refractivity contribution < 1.29 is 14.7 Å². The van der Waals surface area contributed by atoms with Gasteiger partial charge in [-0.25, -0.2) is 0 Å². The Balaban J connectivity index is 2.38. The fraction of sp³-hybridized carbons (Fsp3) is 0.188. The number of aromatic nitrogens is 1. The lowest BCUT2D eigenvalue weighted by Gasteiger charge is -2.14. The van der Waals surface area contributed by atoms with Crippen molar-refractivity contribution in [3.63, 3.8) is 0 Å². The fourth-order valence-electron chi connectivity index (χ4n) is 2.13. The summed E-state index contributed by atoms with van der Waals surface area (Å²) in [6, 6.07) is 10.7.